The summed E-state index contributed by atoms with van der Waals surface area (Å²) in [4.78, 5) is 29.0. The number of likely N-dealkylation sites (tertiary alicyclic amines) is 2. The maximum absolute atomic E-state index is 12.7. The van der Waals surface area contributed by atoms with Gasteiger partial charge in [-0.05, 0) is 76.6 Å². The molecule has 3 rings (SSSR count). The molecule has 1 N–H and O–H groups in total. The molecule has 0 bridgehead atoms. The van der Waals surface area contributed by atoms with Crippen LogP contribution in [0.25, 0.3) is 0 Å². The summed E-state index contributed by atoms with van der Waals surface area (Å²) in [5.41, 5.74) is 1.63. The first-order chi connectivity index (χ1) is 14.2. The number of benzene rings is 1. The molecule has 2 aliphatic rings. The second kappa shape index (κ2) is 9.82. The predicted octanol–water partition coefficient (Wildman–Crippen LogP) is 4.50. The standard InChI is InChI=1S/C24H37N3O3/c1-18-6-5-13-26(16-18)17-19-7-9-21(10-8-19)25-22(28)20-11-14-27(15-12-20)23(29)30-24(2,3)4/h7-10,18,20H,5-6,11-17H2,1-4H3,(H,25,28). The monoisotopic (exact) mass is 415 g/mol. The fraction of sp³-hybridized carbons (Fsp3) is 0.667. The molecular weight excluding hydrogens is 378 g/mol. The highest BCUT2D eigenvalue weighted by atomic mass is 16.6. The fourth-order valence-corrected chi connectivity index (χ4v) is 4.28. The number of rotatable bonds is 4. The van der Waals surface area contributed by atoms with Gasteiger partial charge in [-0.15, -0.1) is 0 Å². The lowest BCUT2D eigenvalue weighted by Crippen LogP contribution is -2.43. The minimum absolute atomic E-state index is 0.0384. The van der Waals surface area contributed by atoms with Crippen LogP contribution in [0.15, 0.2) is 24.3 Å². The molecule has 0 aliphatic carbocycles. The average Bonchev–Trinajstić information content (AvgIpc) is 2.68. The van der Waals surface area contributed by atoms with Gasteiger partial charge in [0.25, 0.3) is 0 Å². The number of nitrogens with one attached hydrogen (secondary N) is 1. The van der Waals surface area contributed by atoms with Crippen molar-refractivity contribution >= 4 is 17.7 Å². The summed E-state index contributed by atoms with van der Waals surface area (Å²) in [6.07, 6.45) is 3.65. The number of anilines is 1. The van der Waals surface area contributed by atoms with Gasteiger partial charge >= 0.3 is 6.09 Å². The minimum atomic E-state index is -0.496. The molecule has 1 aromatic rings. The first-order valence-electron chi connectivity index (χ1n) is 11.3. The first-order valence-corrected chi connectivity index (χ1v) is 11.3. The third-order valence-electron chi connectivity index (χ3n) is 5.89. The number of carbonyl (C=O) groups excluding carboxylic acids is 2. The van der Waals surface area contributed by atoms with Crippen molar-refractivity contribution in [2.45, 2.75) is 65.5 Å². The maximum Gasteiger partial charge on any atom is 0.410 e. The van der Waals surface area contributed by atoms with Crippen LogP contribution in [0.1, 0.15) is 58.9 Å². The van der Waals surface area contributed by atoms with Crippen molar-refractivity contribution in [3.63, 3.8) is 0 Å². The Labute approximate surface area is 180 Å². The van der Waals surface area contributed by atoms with Crippen molar-refractivity contribution < 1.29 is 14.3 Å². The van der Waals surface area contributed by atoms with E-state index in [1.807, 2.05) is 32.9 Å². The molecule has 1 unspecified atom stereocenters. The van der Waals surface area contributed by atoms with Crippen molar-refractivity contribution in [2.75, 3.05) is 31.5 Å². The van der Waals surface area contributed by atoms with Crippen LogP contribution in [-0.2, 0) is 16.1 Å². The zero-order chi connectivity index (χ0) is 21.7. The summed E-state index contributed by atoms with van der Waals surface area (Å²) in [5, 5.41) is 3.04. The summed E-state index contributed by atoms with van der Waals surface area (Å²) in [5.74, 6) is 0.744. The molecule has 2 amide bonds. The van der Waals surface area contributed by atoms with Gasteiger partial charge in [-0.3, -0.25) is 9.69 Å². The molecule has 1 aromatic carbocycles. The Balaban J connectivity index is 1.44. The number of amides is 2. The fourth-order valence-electron chi connectivity index (χ4n) is 4.28. The summed E-state index contributed by atoms with van der Waals surface area (Å²) >= 11 is 0. The lowest BCUT2D eigenvalue weighted by atomic mass is 9.96. The van der Waals surface area contributed by atoms with Gasteiger partial charge in [0, 0.05) is 37.8 Å². The van der Waals surface area contributed by atoms with Gasteiger partial charge in [0.1, 0.15) is 5.60 Å². The number of ether oxygens (including phenoxy) is 1. The third kappa shape index (κ3) is 6.73. The highest BCUT2D eigenvalue weighted by Gasteiger charge is 2.30. The van der Waals surface area contributed by atoms with Crippen LogP contribution in [-0.4, -0.2) is 53.6 Å². The highest BCUT2D eigenvalue weighted by Crippen LogP contribution is 2.22. The van der Waals surface area contributed by atoms with Crippen molar-refractivity contribution in [1.29, 1.82) is 0 Å². The van der Waals surface area contributed by atoms with Crippen molar-refractivity contribution in [3.05, 3.63) is 29.8 Å². The summed E-state index contributed by atoms with van der Waals surface area (Å²) in [6.45, 7) is 12.3. The molecule has 0 saturated carbocycles. The van der Waals surface area contributed by atoms with Crippen LogP contribution in [0.3, 0.4) is 0 Å². The van der Waals surface area contributed by atoms with Gasteiger partial charge in [0.2, 0.25) is 5.91 Å². The van der Waals surface area contributed by atoms with Crippen LogP contribution < -0.4 is 5.32 Å². The smallest absolute Gasteiger partial charge is 0.410 e. The first kappa shape index (κ1) is 22.6. The van der Waals surface area contributed by atoms with E-state index in [4.69, 9.17) is 4.74 Å². The Hall–Kier alpha value is -2.08. The van der Waals surface area contributed by atoms with Crippen LogP contribution >= 0.6 is 0 Å². The lowest BCUT2D eigenvalue weighted by molar-refractivity contribution is -0.121. The van der Waals surface area contributed by atoms with E-state index < -0.39 is 5.60 Å². The van der Waals surface area contributed by atoms with E-state index in [1.54, 1.807) is 4.90 Å². The third-order valence-corrected chi connectivity index (χ3v) is 5.89. The number of hydrogen-bond acceptors (Lipinski definition) is 4. The topological polar surface area (TPSA) is 61.9 Å². The molecule has 2 heterocycles. The van der Waals surface area contributed by atoms with Gasteiger partial charge in [0.15, 0.2) is 0 Å². The largest absolute Gasteiger partial charge is 0.444 e. The van der Waals surface area contributed by atoms with Crippen LogP contribution in [0.2, 0.25) is 0 Å². The molecule has 2 fully saturated rings. The van der Waals surface area contributed by atoms with E-state index in [1.165, 1.54) is 31.5 Å². The molecule has 0 radical (unpaired) electrons. The second-order valence-corrected chi connectivity index (χ2v) is 9.91. The van der Waals surface area contributed by atoms with Crippen molar-refractivity contribution in [3.8, 4) is 0 Å². The summed E-state index contributed by atoms with van der Waals surface area (Å²) in [7, 11) is 0. The quantitative estimate of drug-likeness (QED) is 0.786. The molecule has 2 aliphatic heterocycles. The lowest BCUT2D eigenvalue weighted by Gasteiger charge is -2.33. The molecule has 30 heavy (non-hydrogen) atoms. The minimum Gasteiger partial charge on any atom is -0.444 e. The van der Waals surface area contributed by atoms with Gasteiger partial charge in [-0.1, -0.05) is 19.1 Å². The van der Waals surface area contributed by atoms with Crippen molar-refractivity contribution in [1.82, 2.24) is 9.80 Å². The number of piperidine rings is 2. The molecule has 0 aromatic heterocycles. The van der Waals surface area contributed by atoms with Gasteiger partial charge in [0.05, 0.1) is 0 Å². The Morgan fingerprint density at radius 3 is 2.33 bits per heavy atom. The SMILES string of the molecule is CC1CCCN(Cc2ccc(NC(=O)C3CCN(C(=O)OC(C)(C)C)CC3)cc2)C1. The van der Waals surface area contributed by atoms with Gasteiger partial charge < -0.3 is 15.0 Å². The van der Waals surface area contributed by atoms with Gasteiger partial charge in [-0.2, -0.15) is 0 Å². The number of nitrogens with zero attached hydrogens (tertiary/aromatic N) is 2. The Bertz CT molecular complexity index is 718. The molecule has 6 heteroatoms. The molecule has 1 atom stereocenters. The van der Waals surface area contributed by atoms with E-state index in [9.17, 15) is 9.59 Å². The van der Waals surface area contributed by atoms with Crippen LogP contribution in [0, 0.1) is 11.8 Å². The summed E-state index contributed by atoms with van der Waals surface area (Å²) < 4.78 is 5.42. The van der Waals surface area contributed by atoms with E-state index in [0.717, 1.165) is 18.2 Å². The van der Waals surface area contributed by atoms with E-state index in [2.05, 4.69) is 29.3 Å². The number of hydrogen-bond donors (Lipinski definition) is 1. The normalized spacial score (nSPS) is 21.3. The molecule has 6 nitrogen and oxygen atoms in total. The Morgan fingerprint density at radius 2 is 1.73 bits per heavy atom. The maximum atomic E-state index is 12.7. The predicted molar refractivity (Wildman–Crippen MR) is 119 cm³/mol. The molecular formula is C24H37N3O3. The summed E-state index contributed by atoms with van der Waals surface area (Å²) in [6, 6.07) is 8.22. The molecule has 2 saturated heterocycles. The van der Waals surface area contributed by atoms with E-state index in [-0.39, 0.29) is 17.9 Å². The Kier molecular flexibility index (Phi) is 7.40. The van der Waals surface area contributed by atoms with Gasteiger partial charge in [-0.25, -0.2) is 4.79 Å². The molecule has 0 spiro atoms. The Morgan fingerprint density at radius 1 is 1.07 bits per heavy atom. The zero-order valence-electron chi connectivity index (χ0n) is 18.9. The van der Waals surface area contributed by atoms with Crippen LogP contribution in [0.5, 0.6) is 0 Å². The second-order valence-electron chi connectivity index (χ2n) is 9.91. The highest BCUT2D eigenvalue weighted by molar-refractivity contribution is 5.92. The van der Waals surface area contributed by atoms with E-state index in [0.29, 0.717) is 25.9 Å². The van der Waals surface area contributed by atoms with Crippen LogP contribution in [0.4, 0.5) is 10.5 Å². The zero-order valence-corrected chi connectivity index (χ0v) is 18.9. The average molecular weight is 416 g/mol. The number of carbonyl (C=O) groups is 2. The molecule has 166 valence electrons. The van der Waals surface area contributed by atoms with Crippen molar-refractivity contribution in [2.24, 2.45) is 11.8 Å². The van der Waals surface area contributed by atoms with E-state index >= 15 is 0 Å².